The van der Waals surface area contributed by atoms with Crippen LogP contribution in [-0.4, -0.2) is 18.2 Å². The largest absolute Gasteiger partial charge is 0.272 e. The first kappa shape index (κ1) is 8.22. The van der Waals surface area contributed by atoms with E-state index in [4.69, 9.17) is 5.14 Å². The average Bonchev–Trinajstić information content (AvgIpc) is 2.32. The summed E-state index contributed by atoms with van der Waals surface area (Å²) >= 11 is 0. The maximum absolute atomic E-state index is 10.7. The van der Waals surface area contributed by atoms with E-state index in [9.17, 15) is 8.42 Å². The van der Waals surface area contributed by atoms with Crippen molar-refractivity contribution in [3.8, 4) is 0 Å². The molecule has 1 rings (SSSR count). The van der Waals surface area contributed by atoms with E-state index < -0.39 is 10.0 Å². The topological polar surface area (TPSA) is 78.0 Å². The van der Waals surface area contributed by atoms with Gasteiger partial charge < -0.3 is 0 Å². The second-order valence-corrected chi connectivity index (χ2v) is 3.56. The van der Waals surface area contributed by atoms with E-state index in [1.54, 1.807) is 6.20 Å². The van der Waals surface area contributed by atoms with Gasteiger partial charge in [0.1, 0.15) is 0 Å². The molecule has 0 atom stereocenters. The van der Waals surface area contributed by atoms with Crippen molar-refractivity contribution >= 4 is 10.0 Å². The van der Waals surface area contributed by atoms with Crippen molar-refractivity contribution in [3.63, 3.8) is 0 Å². The summed E-state index contributed by atoms with van der Waals surface area (Å²) in [6.07, 6.45) is 1.57. The molecule has 0 aliphatic heterocycles. The van der Waals surface area contributed by atoms with Gasteiger partial charge in [-0.25, -0.2) is 13.6 Å². The lowest BCUT2D eigenvalue weighted by Gasteiger charge is -1.91. The lowest BCUT2D eigenvalue weighted by molar-refractivity contribution is 0.583. The van der Waals surface area contributed by atoms with Gasteiger partial charge in [-0.05, 0) is 13.0 Å². The van der Waals surface area contributed by atoms with E-state index in [-0.39, 0.29) is 5.03 Å². The zero-order valence-corrected chi connectivity index (χ0v) is 6.87. The van der Waals surface area contributed by atoms with Gasteiger partial charge in [-0.1, -0.05) is 0 Å². The van der Waals surface area contributed by atoms with Gasteiger partial charge in [-0.3, -0.25) is 4.68 Å². The fourth-order valence-corrected chi connectivity index (χ4v) is 1.14. The summed E-state index contributed by atoms with van der Waals surface area (Å²) in [6, 6.07) is 1.37. The lowest BCUT2D eigenvalue weighted by Crippen LogP contribution is -2.13. The Hall–Kier alpha value is -0.880. The Morgan fingerprint density at radius 1 is 1.73 bits per heavy atom. The van der Waals surface area contributed by atoms with Crippen molar-refractivity contribution in [1.82, 2.24) is 9.78 Å². The number of hydrogen-bond donors (Lipinski definition) is 1. The lowest BCUT2D eigenvalue weighted by atomic mass is 10.7. The van der Waals surface area contributed by atoms with Gasteiger partial charge in [-0.15, -0.1) is 0 Å². The molecule has 0 radical (unpaired) electrons. The summed E-state index contributed by atoms with van der Waals surface area (Å²) in [5.74, 6) is 0. The highest BCUT2D eigenvalue weighted by atomic mass is 32.2. The summed E-state index contributed by atoms with van der Waals surface area (Å²) in [4.78, 5) is 0. The Labute approximate surface area is 64.9 Å². The molecule has 11 heavy (non-hydrogen) atoms. The minimum atomic E-state index is -3.62. The first-order valence-corrected chi connectivity index (χ1v) is 4.65. The van der Waals surface area contributed by atoms with E-state index in [0.29, 0.717) is 6.54 Å². The molecule has 2 N–H and O–H groups in total. The number of rotatable bonds is 2. The molecule has 5 nitrogen and oxygen atoms in total. The van der Waals surface area contributed by atoms with Crippen LogP contribution in [0.15, 0.2) is 17.3 Å². The highest BCUT2D eigenvalue weighted by molar-refractivity contribution is 7.89. The van der Waals surface area contributed by atoms with Crippen molar-refractivity contribution in [1.29, 1.82) is 0 Å². The number of sulfonamides is 1. The fraction of sp³-hybridized carbons (Fsp3) is 0.400. The Morgan fingerprint density at radius 2 is 2.36 bits per heavy atom. The SMILES string of the molecule is CCn1ccc(S(N)(=O)=O)n1. The normalized spacial score (nSPS) is 11.8. The van der Waals surface area contributed by atoms with Gasteiger partial charge in [-0.2, -0.15) is 5.10 Å². The second-order valence-electron chi connectivity index (χ2n) is 2.05. The monoisotopic (exact) mass is 175 g/mol. The van der Waals surface area contributed by atoms with Crippen LogP contribution in [0, 0.1) is 0 Å². The predicted molar refractivity (Wildman–Crippen MR) is 39.3 cm³/mol. The molecule has 1 aromatic heterocycles. The highest BCUT2D eigenvalue weighted by Gasteiger charge is 2.09. The molecule has 0 bridgehead atoms. The van der Waals surface area contributed by atoms with Gasteiger partial charge in [0.05, 0.1) is 0 Å². The zero-order chi connectivity index (χ0) is 8.48. The summed E-state index contributed by atoms with van der Waals surface area (Å²) in [5, 5.41) is 8.44. The summed E-state index contributed by atoms with van der Waals surface area (Å²) < 4.78 is 22.8. The van der Waals surface area contributed by atoms with Crippen molar-refractivity contribution in [3.05, 3.63) is 12.3 Å². The van der Waals surface area contributed by atoms with Gasteiger partial charge in [0.2, 0.25) is 0 Å². The summed E-state index contributed by atoms with van der Waals surface area (Å²) in [5.41, 5.74) is 0. The van der Waals surface area contributed by atoms with Crippen LogP contribution < -0.4 is 5.14 Å². The first-order chi connectivity index (χ1) is 5.04. The van der Waals surface area contributed by atoms with Crippen LogP contribution in [0.2, 0.25) is 0 Å². The number of nitrogens with zero attached hydrogens (tertiary/aromatic N) is 2. The number of aromatic nitrogens is 2. The van der Waals surface area contributed by atoms with Crippen LogP contribution in [0.1, 0.15) is 6.92 Å². The third-order valence-corrected chi connectivity index (χ3v) is 2.03. The Bertz CT molecular complexity index is 340. The Kier molecular flexibility index (Phi) is 1.97. The second kappa shape index (κ2) is 2.63. The van der Waals surface area contributed by atoms with Crippen LogP contribution >= 0.6 is 0 Å². The van der Waals surface area contributed by atoms with Crippen molar-refractivity contribution < 1.29 is 8.42 Å². The smallest absolute Gasteiger partial charge is 0.257 e. The molecular weight excluding hydrogens is 166 g/mol. The van der Waals surface area contributed by atoms with E-state index in [1.807, 2.05) is 6.92 Å². The van der Waals surface area contributed by atoms with E-state index in [1.165, 1.54) is 10.7 Å². The molecule has 0 amide bonds. The number of aryl methyl sites for hydroxylation is 1. The highest BCUT2D eigenvalue weighted by Crippen LogP contribution is 2.00. The van der Waals surface area contributed by atoms with Crippen LogP contribution in [0.3, 0.4) is 0 Å². The Morgan fingerprint density at radius 3 is 2.64 bits per heavy atom. The van der Waals surface area contributed by atoms with Gasteiger partial charge in [0, 0.05) is 12.7 Å². The molecule has 0 aromatic carbocycles. The van der Waals surface area contributed by atoms with E-state index in [0.717, 1.165) is 0 Å². The van der Waals surface area contributed by atoms with Crippen LogP contribution in [-0.2, 0) is 16.6 Å². The molecule has 1 heterocycles. The molecular formula is C5H9N3O2S. The number of primary sulfonamides is 1. The van der Waals surface area contributed by atoms with Crippen molar-refractivity contribution in [2.75, 3.05) is 0 Å². The average molecular weight is 175 g/mol. The number of nitrogens with two attached hydrogens (primary N) is 1. The molecule has 0 unspecified atom stereocenters. The van der Waals surface area contributed by atoms with Gasteiger partial charge in [0.25, 0.3) is 10.0 Å². The van der Waals surface area contributed by atoms with Crippen molar-refractivity contribution in [2.45, 2.75) is 18.5 Å². The quantitative estimate of drug-likeness (QED) is 0.661. The van der Waals surface area contributed by atoms with Crippen molar-refractivity contribution in [2.24, 2.45) is 5.14 Å². The maximum Gasteiger partial charge on any atom is 0.257 e. The molecule has 0 aliphatic carbocycles. The molecule has 0 aliphatic rings. The molecule has 0 fully saturated rings. The minimum Gasteiger partial charge on any atom is -0.272 e. The fourth-order valence-electron chi connectivity index (χ4n) is 0.671. The third kappa shape index (κ3) is 1.78. The van der Waals surface area contributed by atoms with Gasteiger partial charge >= 0.3 is 0 Å². The van der Waals surface area contributed by atoms with E-state index >= 15 is 0 Å². The predicted octanol–water partition coefficient (Wildman–Crippen LogP) is -0.450. The number of hydrogen-bond acceptors (Lipinski definition) is 3. The maximum atomic E-state index is 10.7. The van der Waals surface area contributed by atoms with Crippen LogP contribution in [0.5, 0.6) is 0 Å². The molecule has 62 valence electrons. The summed E-state index contributed by atoms with van der Waals surface area (Å²) in [6.45, 7) is 2.50. The Balaban J connectivity index is 3.09. The van der Waals surface area contributed by atoms with Gasteiger partial charge in [0.15, 0.2) is 5.03 Å². The van der Waals surface area contributed by atoms with Crippen LogP contribution in [0.4, 0.5) is 0 Å². The standard InChI is InChI=1S/C5H9N3O2S/c1-2-8-4-3-5(7-8)11(6,9)10/h3-4H,2H2,1H3,(H2,6,9,10). The van der Waals surface area contributed by atoms with Crippen LogP contribution in [0.25, 0.3) is 0 Å². The molecule has 6 heteroatoms. The molecule has 1 aromatic rings. The molecule has 0 spiro atoms. The molecule has 0 saturated heterocycles. The minimum absolute atomic E-state index is 0.0839. The summed E-state index contributed by atoms with van der Waals surface area (Å²) in [7, 11) is -3.62. The zero-order valence-electron chi connectivity index (χ0n) is 6.06. The molecule has 0 saturated carbocycles. The first-order valence-electron chi connectivity index (χ1n) is 3.10. The third-order valence-electron chi connectivity index (χ3n) is 1.23. The van der Waals surface area contributed by atoms with E-state index in [2.05, 4.69) is 5.10 Å².